The molecule has 1 fully saturated rings. The highest BCUT2D eigenvalue weighted by atomic mass is 35.5. The Bertz CT molecular complexity index is 928. The molecule has 1 heterocycles. The quantitative estimate of drug-likeness (QED) is 0.566. The van der Waals surface area contributed by atoms with Gasteiger partial charge in [-0.15, -0.1) is 0 Å². The van der Waals surface area contributed by atoms with Gasteiger partial charge in [0, 0.05) is 22.1 Å². The van der Waals surface area contributed by atoms with Crippen molar-refractivity contribution in [3.63, 3.8) is 0 Å². The number of aliphatic carboxylic acids is 1. The van der Waals surface area contributed by atoms with E-state index in [1.165, 1.54) is 0 Å². The number of carbonyl (C=O) groups is 1. The van der Waals surface area contributed by atoms with Crippen molar-refractivity contribution in [2.45, 2.75) is 31.7 Å². The summed E-state index contributed by atoms with van der Waals surface area (Å²) in [5, 5.41) is 14.5. The molecule has 1 saturated carbocycles. The molecular formula is C21H21ClN2O2. The van der Waals surface area contributed by atoms with Gasteiger partial charge >= 0.3 is 5.97 Å². The first-order chi connectivity index (χ1) is 12.6. The van der Waals surface area contributed by atoms with E-state index in [0.717, 1.165) is 53.5 Å². The van der Waals surface area contributed by atoms with Gasteiger partial charge in [-0.2, -0.15) is 0 Å². The van der Waals surface area contributed by atoms with Crippen LogP contribution in [0.1, 0.15) is 25.7 Å². The van der Waals surface area contributed by atoms with E-state index in [1.54, 1.807) is 0 Å². The lowest BCUT2D eigenvalue weighted by Crippen LogP contribution is -2.29. The van der Waals surface area contributed by atoms with Crippen LogP contribution in [0, 0.1) is 5.92 Å². The molecule has 3 N–H and O–H groups in total. The predicted octanol–water partition coefficient (Wildman–Crippen LogP) is 5.54. The Balaban J connectivity index is 1.61. The Kier molecular flexibility index (Phi) is 4.60. The van der Waals surface area contributed by atoms with Crippen LogP contribution in [0.3, 0.4) is 0 Å². The van der Waals surface area contributed by atoms with Crippen molar-refractivity contribution in [2.24, 2.45) is 5.92 Å². The second-order valence-corrected chi connectivity index (χ2v) is 7.43. The maximum absolute atomic E-state index is 11.1. The highest BCUT2D eigenvalue weighted by Gasteiger charge is 2.26. The zero-order valence-corrected chi connectivity index (χ0v) is 15.1. The number of carboxylic acids is 1. The van der Waals surface area contributed by atoms with Crippen LogP contribution in [0.15, 0.2) is 48.5 Å². The van der Waals surface area contributed by atoms with Crippen molar-refractivity contribution >= 4 is 34.2 Å². The Labute approximate surface area is 157 Å². The molecule has 0 atom stereocenters. The molecule has 1 aliphatic carbocycles. The van der Waals surface area contributed by atoms with E-state index in [2.05, 4.69) is 28.5 Å². The zero-order valence-electron chi connectivity index (χ0n) is 14.3. The van der Waals surface area contributed by atoms with Gasteiger partial charge in [-0.25, -0.2) is 0 Å². The number of carboxylic acid groups (broad SMARTS) is 1. The number of anilines is 1. The molecule has 1 aliphatic rings. The van der Waals surface area contributed by atoms with E-state index < -0.39 is 5.97 Å². The number of fused-ring (bicyclic) bond motifs is 1. The van der Waals surface area contributed by atoms with E-state index >= 15 is 0 Å². The molecule has 3 aromatic rings. The molecule has 4 rings (SSSR count). The molecule has 5 heteroatoms. The number of aromatic amines is 1. The summed E-state index contributed by atoms with van der Waals surface area (Å²) in [6, 6.07) is 16.5. The molecular weight excluding hydrogens is 348 g/mol. The molecule has 2 aromatic carbocycles. The van der Waals surface area contributed by atoms with Crippen LogP contribution in [0.5, 0.6) is 0 Å². The summed E-state index contributed by atoms with van der Waals surface area (Å²) in [6.45, 7) is 0. The maximum Gasteiger partial charge on any atom is 0.306 e. The molecule has 0 unspecified atom stereocenters. The fourth-order valence-electron chi connectivity index (χ4n) is 3.80. The minimum Gasteiger partial charge on any atom is -0.481 e. The number of H-pyrrole nitrogens is 1. The first-order valence-electron chi connectivity index (χ1n) is 8.97. The third kappa shape index (κ3) is 3.42. The summed E-state index contributed by atoms with van der Waals surface area (Å²) < 4.78 is 0. The van der Waals surface area contributed by atoms with Gasteiger partial charge in [-0.05, 0) is 49.4 Å². The van der Waals surface area contributed by atoms with Crippen LogP contribution in [-0.4, -0.2) is 22.1 Å². The van der Waals surface area contributed by atoms with Crippen molar-refractivity contribution in [2.75, 3.05) is 5.32 Å². The van der Waals surface area contributed by atoms with Gasteiger partial charge in [0.1, 0.15) is 0 Å². The number of rotatable bonds is 4. The number of aromatic nitrogens is 1. The lowest BCUT2D eigenvalue weighted by molar-refractivity contribution is -0.142. The van der Waals surface area contributed by atoms with Gasteiger partial charge in [-0.1, -0.05) is 41.9 Å². The first-order valence-corrected chi connectivity index (χ1v) is 9.35. The van der Waals surface area contributed by atoms with Crippen molar-refractivity contribution in [3.8, 4) is 11.3 Å². The molecule has 4 nitrogen and oxygen atoms in total. The molecule has 0 bridgehead atoms. The number of hydrogen-bond acceptors (Lipinski definition) is 2. The summed E-state index contributed by atoms with van der Waals surface area (Å²) >= 11 is 6.33. The number of hydrogen-bond donors (Lipinski definition) is 3. The zero-order chi connectivity index (χ0) is 18.1. The van der Waals surface area contributed by atoms with E-state index in [4.69, 9.17) is 16.7 Å². The second kappa shape index (κ2) is 7.04. The smallest absolute Gasteiger partial charge is 0.306 e. The Morgan fingerprint density at radius 3 is 2.50 bits per heavy atom. The predicted molar refractivity (Wildman–Crippen MR) is 106 cm³/mol. The number of nitrogens with one attached hydrogen (secondary N) is 2. The topological polar surface area (TPSA) is 65.1 Å². The minimum atomic E-state index is -0.675. The van der Waals surface area contributed by atoms with Crippen molar-refractivity contribution in [3.05, 3.63) is 53.6 Å². The highest BCUT2D eigenvalue weighted by molar-refractivity contribution is 6.32. The van der Waals surface area contributed by atoms with E-state index in [1.807, 2.05) is 30.3 Å². The normalized spacial score (nSPS) is 20.2. The van der Waals surface area contributed by atoms with Crippen LogP contribution >= 0.6 is 11.6 Å². The van der Waals surface area contributed by atoms with Crippen LogP contribution in [0.2, 0.25) is 5.02 Å². The molecule has 1 aromatic heterocycles. The fourth-order valence-corrected chi connectivity index (χ4v) is 4.03. The van der Waals surface area contributed by atoms with Crippen LogP contribution in [-0.2, 0) is 4.79 Å². The summed E-state index contributed by atoms with van der Waals surface area (Å²) in [5.74, 6) is -0.881. The largest absolute Gasteiger partial charge is 0.481 e. The standard InChI is InChI=1S/C21H21ClN2O2/c22-16-10-15-11-18(13-4-2-1-3-5-13)24-20(15)19(12-16)23-17-8-6-14(7-9-17)21(25)26/h1-5,10-12,14,17,23-24H,6-9H2,(H,25,26). The molecule has 0 saturated heterocycles. The molecule has 0 amide bonds. The number of benzene rings is 2. The third-order valence-corrected chi connectivity index (χ3v) is 5.43. The summed E-state index contributed by atoms with van der Waals surface area (Å²) in [4.78, 5) is 14.6. The summed E-state index contributed by atoms with van der Waals surface area (Å²) in [7, 11) is 0. The maximum atomic E-state index is 11.1. The molecule has 0 aliphatic heterocycles. The first kappa shape index (κ1) is 17.0. The fraction of sp³-hybridized carbons (Fsp3) is 0.286. The average molecular weight is 369 g/mol. The van der Waals surface area contributed by atoms with Crippen molar-refractivity contribution in [1.29, 1.82) is 0 Å². The Morgan fingerprint density at radius 2 is 1.81 bits per heavy atom. The van der Waals surface area contributed by atoms with Crippen LogP contribution in [0.4, 0.5) is 5.69 Å². The van der Waals surface area contributed by atoms with Crippen LogP contribution < -0.4 is 5.32 Å². The van der Waals surface area contributed by atoms with E-state index in [9.17, 15) is 4.79 Å². The third-order valence-electron chi connectivity index (χ3n) is 5.21. The minimum absolute atomic E-state index is 0.206. The SMILES string of the molecule is O=C(O)C1CCC(Nc2cc(Cl)cc3cc(-c4ccccc4)[nH]c23)CC1. The average Bonchev–Trinajstić information content (AvgIpc) is 3.07. The summed E-state index contributed by atoms with van der Waals surface area (Å²) in [5.41, 5.74) is 4.20. The molecule has 0 spiro atoms. The van der Waals surface area contributed by atoms with E-state index in [0.29, 0.717) is 5.02 Å². The van der Waals surface area contributed by atoms with Crippen LogP contribution in [0.25, 0.3) is 22.2 Å². The van der Waals surface area contributed by atoms with Gasteiger partial charge in [0.15, 0.2) is 0 Å². The molecule has 26 heavy (non-hydrogen) atoms. The molecule has 0 radical (unpaired) electrons. The summed E-state index contributed by atoms with van der Waals surface area (Å²) in [6.07, 6.45) is 3.15. The van der Waals surface area contributed by atoms with Crippen molar-refractivity contribution in [1.82, 2.24) is 4.98 Å². The van der Waals surface area contributed by atoms with Gasteiger partial charge < -0.3 is 15.4 Å². The van der Waals surface area contributed by atoms with Crippen molar-refractivity contribution < 1.29 is 9.90 Å². The van der Waals surface area contributed by atoms with Gasteiger partial charge in [0.25, 0.3) is 0 Å². The lowest BCUT2D eigenvalue weighted by Gasteiger charge is -2.27. The lowest BCUT2D eigenvalue weighted by atomic mass is 9.86. The second-order valence-electron chi connectivity index (χ2n) is 7.00. The monoisotopic (exact) mass is 368 g/mol. The van der Waals surface area contributed by atoms with Gasteiger partial charge in [0.05, 0.1) is 17.1 Å². The van der Waals surface area contributed by atoms with Gasteiger partial charge in [-0.3, -0.25) is 4.79 Å². The highest BCUT2D eigenvalue weighted by Crippen LogP contribution is 2.34. The Hall–Kier alpha value is -2.46. The van der Waals surface area contributed by atoms with Gasteiger partial charge in [0.2, 0.25) is 0 Å². The Morgan fingerprint density at radius 1 is 1.08 bits per heavy atom. The number of halogens is 1. The van der Waals surface area contributed by atoms with E-state index in [-0.39, 0.29) is 12.0 Å². The molecule has 134 valence electrons.